The second kappa shape index (κ2) is 6.76. The molecule has 0 radical (unpaired) electrons. The summed E-state index contributed by atoms with van der Waals surface area (Å²) in [6, 6.07) is 0.906. The largest absolute Gasteiger partial charge is 0.462 e. The molecular weight excluding hydrogens is 212 g/mol. The highest BCUT2D eigenvalue weighted by Crippen LogP contribution is 2.08. The molecule has 0 aromatic carbocycles. The van der Waals surface area contributed by atoms with Gasteiger partial charge in [-0.25, -0.2) is 4.79 Å². The first-order valence-electron chi connectivity index (χ1n) is 5.26. The smallest absolute Gasteiger partial charge is 0.333 e. The van der Waals surface area contributed by atoms with E-state index >= 15 is 0 Å². The SMILES string of the molecule is C=C(C)C(=O)OCCC[SiH]1OCCCO1. The molecule has 1 saturated heterocycles. The molecule has 0 spiro atoms. The first kappa shape index (κ1) is 12.4. The molecule has 15 heavy (non-hydrogen) atoms. The van der Waals surface area contributed by atoms with Crippen LogP contribution in [-0.2, 0) is 18.4 Å². The zero-order valence-electron chi connectivity index (χ0n) is 9.16. The minimum Gasteiger partial charge on any atom is -0.462 e. The number of esters is 1. The molecule has 1 aliphatic heterocycles. The lowest BCUT2D eigenvalue weighted by Gasteiger charge is -2.21. The second-order valence-corrected chi connectivity index (χ2v) is 5.69. The zero-order valence-corrected chi connectivity index (χ0v) is 10.3. The molecule has 0 saturated carbocycles. The molecule has 4 nitrogen and oxygen atoms in total. The van der Waals surface area contributed by atoms with Gasteiger partial charge in [0.1, 0.15) is 0 Å². The lowest BCUT2D eigenvalue weighted by molar-refractivity contribution is -0.138. The molecule has 1 fully saturated rings. The van der Waals surface area contributed by atoms with Gasteiger partial charge in [0.25, 0.3) is 0 Å². The van der Waals surface area contributed by atoms with Crippen molar-refractivity contribution in [3.05, 3.63) is 12.2 Å². The molecule has 5 heteroatoms. The van der Waals surface area contributed by atoms with Crippen LogP contribution in [0, 0.1) is 0 Å². The molecule has 0 aromatic rings. The molecule has 0 atom stereocenters. The summed E-state index contributed by atoms with van der Waals surface area (Å²) in [5, 5.41) is 0. The van der Waals surface area contributed by atoms with Crippen molar-refractivity contribution in [1.82, 2.24) is 0 Å². The van der Waals surface area contributed by atoms with E-state index in [-0.39, 0.29) is 5.97 Å². The second-order valence-electron chi connectivity index (χ2n) is 3.58. The Kier molecular flexibility index (Phi) is 5.60. The molecule has 1 rings (SSSR count). The number of carbonyl (C=O) groups excluding carboxylic acids is 1. The third-order valence-corrected chi connectivity index (χ3v) is 4.16. The fraction of sp³-hybridized carbons (Fsp3) is 0.700. The third kappa shape index (κ3) is 5.11. The topological polar surface area (TPSA) is 44.8 Å². The Labute approximate surface area is 92.1 Å². The maximum atomic E-state index is 11.0. The number of ether oxygens (including phenoxy) is 1. The van der Waals surface area contributed by atoms with Crippen molar-refractivity contribution in [2.75, 3.05) is 19.8 Å². The van der Waals surface area contributed by atoms with Crippen molar-refractivity contribution in [3.63, 3.8) is 0 Å². The van der Waals surface area contributed by atoms with Crippen LogP contribution in [-0.4, -0.2) is 35.1 Å². The summed E-state index contributed by atoms with van der Waals surface area (Å²) in [6.45, 7) is 7.23. The Morgan fingerprint density at radius 3 is 2.73 bits per heavy atom. The Morgan fingerprint density at radius 1 is 1.47 bits per heavy atom. The standard InChI is InChI=1S/C10H18O4Si/c1-9(2)10(11)12-5-4-8-15-13-6-3-7-14-15/h15H,1,3-8H2,2H3. The number of rotatable bonds is 5. The Balaban J connectivity index is 2.01. The average molecular weight is 230 g/mol. The predicted molar refractivity (Wildman–Crippen MR) is 58.9 cm³/mol. The third-order valence-electron chi connectivity index (χ3n) is 2.06. The zero-order chi connectivity index (χ0) is 11.1. The van der Waals surface area contributed by atoms with E-state index < -0.39 is 9.28 Å². The van der Waals surface area contributed by atoms with Gasteiger partial charge in [-0.1, -0.05) is 6.58 Å². The maximum Gasteiger partial charge on any atom is 0.333 e. The van der Waals surface area contributed by atoms with Gasteiger partial charge in [0.15, 0.2) is 0 Å². The van der Waals surface area contributed by atoms with E-state index in [2.05, 4.69) is 6.58 Å². The van der Waals surface area contributed by atoms with Crippen LogP contribution in [0.4, 0.5) is 0 Å². The van der Waals surface area contributed by atoms with E-state index in [1.165, 1.54) is 0 Å². The summed E-state index contributed by atoms with van der Waals surface area (Å²) in [4.78, 5) is 11.0. The average Bonchev–Trinajstić information content (AvgIpc) is 2.25. The van der Waals surface area contributed by atoms with Crippen molar-refractivity contribution in [2.45, 2.75) is 25.8 Å². The van der Waals surface area contributed by atoms with Gasteiger partial charge in [-0.05, 0) is 25.8 Å². The molecule has 1 aliphatic rings. The first-order valence-corrected chi connectivity index (χ1v) is 7.02. The summed E-state index contributed by atoms with van der Waals surface area (Å²) >= 11 is 0. The Hall–Kier alpha value is -0.653. The Bertz CT molecular complexity index is 223. The highest BCUT2D eigenvalue weighted by molar-refractivity contribution is 6.44. The van der Waals surface area contributed by atoms with Gasteiger partial charge >= 0.3 is 15.3 Å². The lowest BCUT2D eigenvalue weighted by atomic mass is 10.4. The molecule has 0 aromatic heterocycles. The minimum absolute atomic E-state index is 0.317. The van der Waals surface area contributed by atoms with Crippen molar-refractivity contribution < 1.29 is 18.4 Å². The summed E-state index contributed by atoms with van der Waals surface area (Å²) in [5.41, 5.74) is 0.442. The molecular formula is C10H18O4Si. The van der Waals surface area contributed by atoms with Crippen molar-refractivity contribution in [1.29, 1.82) is 0 Å². The number of hydrogen-bond acceptors (Lipinski definition) is 4. The van der Waals surface area contributed by atoms with Crippen LogP contribution < -0.4 is 0 Å². The summed E-state index contributed by atoms with van der Waals surface area (Å²) < 4.78 is 15.9. The summed E-state index contributed by atoms with van der Waals surface area (Å²) in [7, 11) is -1.43. The predicted octanol–water partition coefficient (Wildman–Crippen LogP) is 1.15. The molecule has 0 amide bonds. The van der Waals surface area contributed by atoms with E-state index in [0.717, 1.165) is 32.1 Å². The quantitative estimate of drug-likeness (QED) is 0.308. The monoisotopic (exact) mass is 230 g/mol. The highest BCUT2D eigenvalue weighted by Gasteiger charge is 2.17. The fourth-order valence-electron chi connectivity index (χ4n) is 1.24. The van der Waals surface area contributed by atoms with Crippen LogP contribution in [0.1, 0.15) is 19.8 Å². The van der Waals surface area contributed by atoms with Gasteiger partial charge < -0.3 is 13.6 Å². The van der Waals surface area contributed by atoms with Crippen molar-refractivity contribution >= 4 is 15.3 Å². The molecule has 0 unspecified atom stereocenters. The normalized spacial score (nSPS) is 17.4. The van der Waals surface area contributed by atoms with Gasteiger partial charge in [-0.15, -0.1) is 0 Å². The summed E-state index contributed by atoms with van der Waals surface area (Å²) in [6.07, 6.45) is 1.81. The van der Waals surface area contributed by atoms with Gasteiger partial charge in [0, 0.05) is 18.8 Å². The minimum atomic E-state index is -1.43. The van der Waals surface area contributed by atoms with E-state index in [9.17, 15) is 4.79 Å². The van der Waals surface area contributed by atoms with Crippen LogP contribution >= 0.6 is 0 Å². The van der Waals surface area contributed by atoms with Gasteiger partial charge in [0.2, 0.25) is 0 Å². The lowest BCUT2D eigenvalue weighted by Crippen LogP contribution is -2.29. The molecule has 1 heterocycles. The number of carbonyl (C=O) groups is 1. The van der Waals surface area contributed by atoms with Crippen LogP contribution in [0.5, 0.6) is 0 Å². The fourth-order valence-corrected chi connectivity index (χ4v) is 3.03. The summed E-state index contributed by atoms with van der Waals surface area (Å²) in [5.74, 6) is -0.317. The van der Waals surface area contributed by atoms with Crippen LogP contribution in [0.15, 0.2) is 12.2 Å². The molecule has 0 N–H and O–H groups in total. The van der Waals surface area contributed by atoms with Crippen molar-refractivity contribution in [2.24, 2.45) is 0 Å². The molecule has 0 aliphatic carbocycles. The molecule has 0 bridgehead atoms. The molecule has 86 valence electrons. The van der Waals surface area contributed by atoms with E-state index in [4.69, 9.17) is 13.6 Å². The van der Waals surface area contributed by atoms with E-state index in [1.54, 1.807) is 6.92 Å². The maximum absolute atomic E-state index is 11.0. The van der Waals surface area contributed by atoms with Gasteiger partial charge in [-0.2, -0.15) is 0 Å². The van der Waals surface area contributed by atoms with Crippen LogP contribution in [0.3, 0.4) is 0 Å². The van der Waals surface area contributed by atoms with Crippen LogP contribution in [0.25, 0.3) is 0 Å². The number of hydrogen-bond donors (Lipinski definition) is 0. The van der Waals surface area contributed by atoms with E-state index in [1.807, 2.05) is 0 Å². The van der Waals surface area contributed by atoms with Gasteiger partial charge in [0.05, 0.1) is 6.61 Å². The Morgan fingerprint density at radius 2 is 2.13 bits per heavy atom. The highest BCUT2D eigenvalue weighted by atomic mass is 28.3. The van der Waals surface area contributed by atoms with Crippen molar-refractivity contribution in [3.8, 4) is 0 Å². The van der Waals surface area contributed by atoms with Gasteiger partial charge in [-0.3, -0.25) is 0 Å². The van der Waals surface area contributed by atoms with E-state index in [0.29, 0.717) is 12.2 Å². The van der Waals surface area contributed by atoms with Crippen LogP contribution in [0.2, 0.25) is 6.04 Å². The first-order chi connectivity index (χ1) is 7.20.